The van der Waals surface area contributed by atoms with Crippen molar-refractivity contribution in [2.45, 2.75) is 38.4 Å². The van der Waals surface area contributed by atoms with Crippen LogP contribution in [0.5, 0.6) is 0 Å². The van der Waals surface area contributed by atoms with Gasteiger partial charge in [-0.05, 0) is 50.1 Å². The average Bonchev–Trinajstić information content (AvgIpc) is 3.13. The number of fused-ring (bicyclic) bond motifs is 1. The SMILES string of the molecule is Cc1cccc(-n2ccnc2SCC(=O)N2c3ccccc3NC(=O)C[C@@H]2C)c1C. The van der Waals surface area contributed by atoms with E-state index in [1.54, 1.807) is 11.1 Å². The van der Waals surface area contributed by atoms with Crippen molar-refractivity contribution in [1.29, 1.82) is 0 Å². The third kappa shape index (κ3) is 3.85. The highest BCUT2D eigenvalue weighted by Crippen LogP contribution is 2.32. The van der Waals surface area contributed by atoms with Gasteiger partial charge in [0.15, 0.2) is 5.16 Å². The number of benzene rings is 2. The maximum atomic E-state index is 13.2. The fraction of sp³-hybridized carbons (Fsp3) is 0.261. The van der Waals surface area contributed by atoms with Crippen LogP contribution >= 0.6 is 11.8 Å². The standard InChI is InChI=1S/C23H24N4O2S/c1-15-7-6-10-19(17(15)3)26-12-11-24-23(26)30-14-22(29)27-16(2)13-21(28)25-18-8-4-5-9-20(18)27/h4-12,16H,13-14H2,1-3H3,(H,25,28)/t16-/m0/s1. The van der Waals surface area contributed by atoms with E-state index in [-0.39, 0.29) is 30.0 Å². The van der Waals surface area contributed by atoms with Gasteiger partial charge in [0.1, 0.15) is 0 Å². The van der Waals surface area contributed by atoms with Crippen LogP contribution in [0, 0.1) is 13.8 Å². The number of carbonyl (C=O) groups is 2. The van der Waals surface area contributed by atoms with Crippen LogP contribution in [0.4, 0.5) is 11.4 Å². The molecule has 2 aromatic carbocycles. The molecule has 0 aliphatic carbocycles. The molecule has 154 valence electrons. The Balaban J connectivity index is 1.57. The van der Waals surface area contributed by atoms with Crippen LogP contribution in [-0.4, -0.2) is 33.2 Å². The minimum absolute atomic E-state index is 0.0491. The number of aryl methyl sites for hydroxylation is 1. The highest BCUT2D eigenvalue weighted by Gasteiger charge is 2.29. The molecule has 2 heterocycles. The van der Waals surface area contributed by atoms with Gasteiger partial charge in [-0.3, -0.25) is 14.2 Å². The van der Waals surface area contributed by atoms with E-state index in [1.807, 2.05) is 48.0 Å². The molecule has 0 fully saturated rings. The summed E-state index contributed by atoms with van der Waals surface area (Å²) in [7, 11) is 0. The van der Waals surface area contributed by atoms with Crippen molar-refractivity contribution < 1.29 is 9.59 Å². The maximum absolute atomic E-state index is 13.2. The second-order valence-electron chi connectivity index (χ2n) is 7.47. The predicted molar refractivity (Wildman–Crippen MR) is 120 cm³/mol. The number of hydrogen-bond acceptors (Lipinski definition) is 4. The van der Waals surface area contributed by atoms with E-state index < -0.39 is 0 Å². The van der Waals surface area contributed by atoms with E-state index >= 15 is 0 Å². The molecule has 1 aliphatic heterocycles. The first kappa shape index (κ1) is 20.2. The third-order valence-corrected chi connectivity index (χ3v) is 6.35. The van der Waals surface area contributed by atoms with Gasteiger partial charge in [0.25, 0.3) is 0 Å². The lowest BCUT2D eigenvalue weighted by molar-refractivity contribution is -0.117. The molecule has 6 nitrogen and oxygen atoms in total. The zero-order valence-corrected chi connectivity index (χ0v) is 18.1. The Hall–Kier alpha value is -3.06. The molecule has 0 saturated heterocycles. The number of carbonyl (C=O) groups excluding carboxylic acids is 2. The van der Waals surface area contributed by atoms with Gasteiger partial charge < -0.3 is 10.2 Å². The Bertz CT molecular complexity index is 1110. The Morgan fingerprint density at radius 3 is 2.77 bits per heavy atom. The van der Waals surface area contributed by atoms with Crippen LogP contribution in [0.25, 0.3) is 5.69 Å². The molecule has 0 spiro atoms. The van der Waals surface area contributed by atoms with E-state index in [0.29, 0.717) is 5.69 Å². The van der Waals surface area contributed by atoms with E-state index in [9.17, 15) is 9.59 Å². The first-order chi connectivity index (χ1) is 14.5. The molecular formula is C23H24N4O2S. The van der Waals surface area contributed by atoms with Crippen molar-refractivity contribution in [2.75, 3.05) is 16.0 Å². The fourth-order valence-electron chi connectivity index (χ4n) is 3.74. The highest BCUT2D eigenvalue weighted by atomic mass is 32.2. The minimum Gasteiger partial charge on any atom is -0.324 e. The number of aromatic nitrogens is 2. The topological polar surface area (TPSA) is 67.2 Å². The van der Waals surface area contributed by atoms with Gasteiger partial charge in [-0.25, -0.2) is 4.98 Å². The Morgan fingerprint density at radius 2 is 1.93 bits per heavy atom. The van der Waals surface area contributed by atoms with Gasteiger partial charge in [0, 0.05) is 24.9 Å². The zero-order valence-electron chi connectivity index (χ0n) is 17.3. The van der Waals surface area contributed by atoms with Crippen molar-refractivity contribution >= 4 is 35.0 Å². The summed E-state index contributed by atoms with van der Waals surface area (Å²) in [5.74, 6) is 0.102. The molecule has 1 atom stereocenters. The van der Waals surface area contributed by atoms with Crippen LogP contribution in [0.3, 0.4) is 0 Å². The second kappa shape index (κ2) is 8.36. The molecule has 1 aliphatic rings. The molecule has 0 radical (unpaired) electrons. The van der Waals surface area contributed by atoms with Gasteiger partial charge in [-0.1, -0.05) is 36.0 Å². The van der Waals surface area contributed by atoms with Gasteiger partial charge in [0.2, 0.25) is 11.8 Å². The van der Waals surface area contributed by atoms with E-state index in [1.165, 1.54) is 22.9 Å². The predicted octanol–water partition coefficient (Wildman–Crippen LogP) is 4.35. The number of para-hydroxylation sites is 2. The molecule has 4 rings (SSSR count). The number of nitrogens with zero attached hydrogens (tertiary/aromatic N) is 3. The molecular weight excluding hydrogens is 396 g/mol. The van der Waals surface area contributed by atoms with Crippen LogP contribution in [0.15, 0.2) is 60.0 Å². The Labute approximate surface area is 180 Å². The molecule has 7 heteroatoms. The lowest BCUT2D eigenvalue weighted by Crippen LogP contribution is -2.40. The number of nitrogens with one attached hydrogen (secondary N) is 1. The smallest absolute Gasteiger partial charge is 0.237 e. The van der Waals surface area contributed by atoms with Crippen LogP contribution in [-0.2, 0) is 9.59 Å². The molecule has 3 aromatic rings. The number of rotatable bonds is 4. The number of thioether (sulfide) groups is 1. The van der Waals surface area contributed by atoms with Crippen LogP contribution in [0.1, 0.15) is 24.5 Å². The van der Waals surface area contributed by atoms with Gasteiger partial charge in [-0.2, -0.15) is 0 Å². The molecule has 0 bridgehead atoms. The summed E-state index contributed by atoms with van der Waals surface area (Å²) in [6, 6.07) is 13.4. The average molecular weight is 421 g/mol. The summed E-state index contributed by atoms with van der Waals surface area (Å²) in [5, 5.41) is 3.66. The number of amides is 2. The highest BCUT2D eigenvalue weighted by molar-refractivity contribution is 7.99. The summed E-state index contributed by atoms with van der Waals surface area (Å²) in [6.45, 7) is 6.07. The molecule has 0 saturated carbocycles. The lowest BCUT2D eigenvalue weighted by atomic mass is 10.1. The normalized spacial score (nSPS) is 16.0. The van der Waals surface area contributed by atoms with Gasteiger partial charge in [0.05, 0.1) is 22.8 Å². The number of anilines is 2. The van der Waals surface area contributed by atoms with E-state index in [2.05, 4.69) is 36.3 Å². The molecule has 30 heavy (non-hydrogen) atoms. The molecule has 1 aromatic heterocycles. The van der Waals surface area contributed by atoms with Crippen molar-refractivity contribution in [1.82, 2.24) is 9.55 Å². The third-order valence-electron chi connectivity index (χ3n) is 5.40. The number of imidazole rings is 1. The molecule has 0 unspecified atom stereocenters. The summed E-state index contributed by atoms with van der Waals surface area (Å²) in [4.78, 5) is 31.6. The summed E-state index contributed by atoms with van der Waals surface area (Å²) < 4.78 is 2.02. The molecule has 1 N–H and O–H groups in total. The monoisotopic (exact) mass is 420 g/mol. The van der Waals surface area contributed by atoms with Crippen LogP contribution < -0.4 is 10.2 Å². The van der Waals surface area contributed by atoms with E-state index in [0.717, 1.165) is 16.5 Å². The van der Waals surface area contributed by atoms with Crippen molar-refractivity contribution in [2.24, 2.45) is 0 Å². The van der Waals surface area contributed by atoms with Crippen LogP contribution in [0.2, 0.25) is 0 Å². The first-order valence-corrected chi connectivity index (χ1v) is 10.9. The largest absolute Gasteiger partial charge is 0.324 e. The maximum Gasteiger partial charge on any atom is 0.237 e. The van der Waals surface area contributed by atoms with Crippen molar-refractivity contribution in [3.63, 3.8) is 0 Å². The zero-order chi connectivity index (χ0) is 21.3. The lowest BCUT2D eigenvalue weighted by Gasteiger charge is -2.27. The quantitative estimate of drug-likeness (QED) is 0.638. The van der Waals surface area contributed by atoms with Crippen molar-refractivity contribution in [3.8, 4) is 5.69 Å². The van der Waals surface area contributed by atoms with Crippen molar-refractivity contribution in [3.05, 3.63) is 66.0 Å². The first-order valence-electron chi connectivity index (χ1n) is 9.89. The second-order valence-corrected chi connectivity index (χ2v) is 8.41. The summed E-state index contributed by atoms with van der Waals surface area (Å²) in [5.41, 5.74) is 4.86. The fourth-order valence-corrected chi connectivity index (χ4v) is 4.57. The Kier molecular flexibility index (Phi) is 5.63. The Morgan fingerprint density at radius 1 is 1.17 bits per heavy atom. The van der Waals surface area contributed by atoms with Gasteiger partial charge >= 0.3 is 0 Å². The summed E-state index contributed by atoms with van der Waals surface area (Å²) >= 11 is 1.40. The minimum atomic E-state index is -0.222. The summed E-state index contributed by atoms with van der Waals surface area (Å²) in [6.07, 6.45) is 3.93. The van der Waals surface area contributed by atoms with E-state index in [4.69, 9.17) is 0 Å². The van der Waals surface area contributed by atoms with Gasteiger partial charge in [-0.15, -0.1) is 0 Å². The molecule has 2 amide bonds. The number of hydrogen-bond donors (Lipinski definition) is 1.